The van der Waals surface area contributed by atoms with Crippen molar-refractivity contribution in [3.05, 3.63) is 12.2 Å². The third-order valence-electron chi connectivity index (χ3n) is 3.10. The Morgan fingerprint density at radius 3 is 2.62 bits per heavy atom. The van der Waals surface area contributed by atoms with Crippen molar-refractivity contribution in [2.75, 3.05) is 0 Å². The molecule has 0 N–H and O–H groups in total. The van der Waals surface area contributed by atoms with Crippen molar-refractivity contribution in [3.63, 3.8) is 0 Å². The van der Waals surface area contributed by atoms with Gasteiger partial charge in [-0.25, -0.2) is 0 Å². The van der Waals surface area contributed by atoms with E-state index < -0.39 is 18.3 Å². The number of allylic oxidation sites excluding steroid dienone is 1. The molecule has 0 spiro atoms. The van der Waals surface area contributed by atoms with Crippen LogP contribution in [0.2, 0.25) is 19.6 Å². The summed E-state index contributed by atoms with van der Waals surface area (Å²) in [6.45, 7) is 6.23. The lowest BCUT2D eigenvalue weighted by atomic mass is 9.63. The van der Waals surface area contributed by atoms with E-state index in [1.807, 2.05) is 12.2 Å². The van der Waals surface area contributed by atoms with Gasteiger partial charge >= 0.3 is 0 Å². The van der Waals surface area contributed by atoms with Crippen LogP contribution in [-0.4, -0.2) is 24.0 Å². The summed E-state index contributed by atoms with van der Waals surface area (Å²) in [5.74, 6) is -0.238. The Labute approximate surface area is 107 Å². The van der Waals surface area contributed by atoms with Gasteiger partial charge in [-0.15, -0.1) is 0 Å². The number of carbonyl (C=O) groups excluding carboxylic acids is 1. The number of hydrogen-bond acceptors (Lipinski definition) is 2. The number of halogens is 2. The smallest absolute Gasteiger partial charge is 0.207 e. The number of hydrogen-bond donors (Lipinski definition) is 0. The Hall–Kier alpha value is 0.167. The molecule has 0 bridgehead atoms. The monoisotopic (exact) mass is 278 g/mol. The zero-order chi connectivity index (χ0) is 12.2. The molecule has 0 aromatic rings. The molecule has 1 saturated carbocycles. The van der Waals surface area contributed by atoms with Gasteiger partial charge in [0.2, 0.25) is 4.33 Å². The van der Waals surface area contributed by atoms with E-state index in [1.165, 1.54) is 0 Å². The molecular formula is C11H16Cl2O2Si. The highest BCUT2D eigenvalue weighted by Crippen LogP contribution is 2.58. The van der Waals surface area contributed by atoms with Crippen LogP contribution in [0.5, 0.6) is 0 Å². The van der Waals surface area contributed by atoms with Gasteiger partial charge in [0.05, 0.1) is 5.92 Å². The van der Waals surface area contributed by atoms with E-state index in [2.05, 4.69) is 19.6 Å². The topological polar surface area (TPSA) is 26.3 Å². The van der Waals surface area contributed by atoms with Crippen molar-refractivity contribution < 1.29 is 9.22 Å². The summed E-state index contributed by atoms with van der Waals surface area (Å²) in [4.78, 5) is 11.8. The summed E-state index contributed by atoms with van der Waals surface area (Å²) in [7, 11) is -1.80. The Balaban J connectivity index is 2.37. The third kappa shape index (κ3) is 1.60. The molecule has 0 aromatic heterocycles. The maximum absolute atomic E-state index is 11.8. The van der Waals surface area contributed by atoms with Gasteiger partial charge in [-0.1, -0.05) is 35.4 Å². The predicted molar refractivity (Wildman–Crippen MR) is 68.5 cm³/mol. The molecule has 0 aromatic carbocycles. The molecule has 90 valence electrons. The molecule has 2 atom stereocenters. The lowest BCUT2D eigenvalue weighted by Crippen LogP contribution is -2.73. The first-order chi connectivity index (χ1) is 7.21. The summed E-state index contributed by atoms with van der Waals surface area (Å²) in [6.07, 6.45) is 5.61. The fourth-order valence-electron chi connectivity index (χ4n) is 2.51. The molecule has 1 fully saturated rings. The quantitative estimate of drug-likeness (QED) is 0.440. The number of carbonyl (C=O) groups is 1. The number of fused-ring (bicyclic) bond motifs is 1. The van der Waals surface area contributed by atoms with Gasteiger partial charge in [0, 0.05) is 0 Å². The molecule has 2 aliphatic carbocycles. The highest BCUT2D eigenvalue weighted by atomic mass is 35.5. The fraction of sp³-hybridized carbons (Fsp3) is 0.727. The normalized spacial score (nSPS) is 36.8. The van der Waals surface area contributed by atoms with Gasteiger partial charge < -0.3 is 4.43 Å². The second kappa shape index (κ2) is 3.58. The van der Waals surface area contributed by atoms with Gasteiger partial charge in [0.25, 0.3) is 0 Å². The van der Waals surface area contributed by atoms with Crippen LogP contribution in [0.15, 0.2) is 12.2 Å². The first kappa shape index (κ1) is 12.6. The summed E-state index contributed by atoms with van der Waals surface area (Å²) in [6, 6.07) is 0. The zero-order valence-corrected chi connectivity index (χ0v) is 12.2. The van der Waals surface area contributed by atoms with Crippen molar-refractivity contribution in [1.29, 1.82) is 0 Å². The van der Waals surface area contributed by atoms with Gasteiger partial charge in [-0.3, -0.25) is 4.79 Å². The van der Waals surface area contributed by atoms with E-state index in [9.17, 15) is 4.79 Å². The van der Waals surface area contributed by atoms with Crippen molar-refractivity contribution in [2.45, 2.75) is 42.4 Å². The minimum atomic E-state index is -1.80. The minimum Gasteiger partial charge on any atom is -0.404 e. The van der Waals surface area contributed by atoms with Gasteiger partial charge in [-0.2, -0.15) is 0 Å². The molecule has 16 heavy (non-hydrogen) atoms. The number of alkyl halides is 2. The standard InChI is InChI=1S/C11H16Cl2O2Si/c1-16(2,3)15-10-7-5-4-6-8(10)9(14)11(10,12)13/h5,7-8H,4,6H2,1-3H3. The van der Waals surface area contributed by atoms with E-state index in [1.54, 1.807) is 0 Å². The maximum Gasteiger partial charge on any atom is 0.207 e. The van der Waals surface area contributed by atoms with Crippen LogP contribution < -0.4 is 0 Å². The van der Waals surface area contributed by atoms with Gasteiger partial charge in [-0.05, 0) is 32.5 Å². The van der Waals surface area contributed by atoms with Crippen molar-refractivity contribution in [3.8, 4) is 0 Å². The van der Waals surface area contributed by atoms with Crippen LogP contribution in [0.25, 0.3) is 0 Å². The SMILES string of the molecule is C[Si](C)(C)OC12C=CCCC1C(=O)C2(Cl)Cl. The van der Waals surface area contributed by atoms with E-state index in [0.29, 0.717) is 0 Å². The Morgan fingerprint density at radius 1 is 1.44 bits per heavy atom. The zero-order valence-electron chi connectivity index (χ0n) is 9.72. The van der Waals surface area contributed by atoms with E-state index in [4.69, 9.17) is 27.6 Å². The summed E-state index contributed by atoms with van der Waals surface area (Å²) in [5, 5.41) is 0. The summed E-state index contributed by atoms with van der Waals surface area (Å²) >= 11 is 12.3. The van der Waals surface area contributed by atoms with Crippen LogP contribution in [0.4, 0.5) is 0 Å². The predicted octanol–water partition coefficient (Wildman–Crippen LogP) is 3.30. The Kier molecular flexibility index (Phi) is 2.82. The van der Waals surface area contributed by atoms with Crippen LogP contribution in [0.1, 0.15) is 12.8 Å². The second-order valence-electron chi connectivity index (χ2n) is 5.48. The molecule has 0 heterocycles. The van der Waals surface area contributed by atoms with E-state index >= 15 is 0 Å². The van der Waals surface area contributed by atoms with Crippen LogP contribution in [-0.2, 0) is 9.22 Å². The highest BCUT2D eigenvalue weighted by molar-refractivity contribution is 6.70. The maximum atomic E-state index is 11.8. The number of Topliss-reactive ketones (excluding diaryl/α,β-unsaturated/α-hetero) is 1. The van der Waals surface area contributed by atoms with Crippen molar-refractivity contribution >= 4 is 37.3 Å². The summed E-state index contributed by atoms with van der Waals surface area (Å²) in [5.41, 5.74) is -0.768. The molecule has 2 rings (SSSR count). The molecule has 2 aliphatic rings. The first-order valence-corrected chi connectivity index (χ1v) is 9.67. The van der Waals surface area contributed by atoms with E-state index in [0.717, 1.165) is 12.8 Å². The third-order valence-corrected chi connectivity index (χ3v) is 5.01. The Bertz CT molecular complexity index is 359. The fourth-order valence-corrected chi connectivity index (χ4v) is 4.75. The average Bonchev–Trinajstić information content (AvgIpc) is 2.15. The van der Waals surface area contributed by atoms with Gasteiger partial charge in [0.1, 0.15) is 5.60 Å². The van der Waals surface area contributed by atoms with Crippen LogP contribution in [0, 0.1) is 5.92 Å². The minimum absolute atomic E-state index is 0.0848. The van der Waals surface area contributed by atoms with E-state index in [-0.39, 0.29) is 11.7 Å². The molecule has 5 heteroatoms. The molecular weight excluding hydrogens is 263 g/mol. The lowest BCUT2D eigenvalue weighted by molar-refractivity contribution is -0.150. The van der Waals surface area contributed by atoms with Crippen LogP contribution in [0.3, 0.4) is 0 Å². The largest absolute Gasteiger partial charge is 0.404 e. The number of rotatable bonds is 2. The average molecular weight is 279 g/mol. The second-order valence-corrected chi connectivity index (χ2v) is 11.2. The molecule has 2 nitrogen and oxygen atoms in total. The van der Waals surface area contributed by atoms with Gasteiger partial charge in [0.15, 0.2) is 14.1 Å². The molecule has 0 amide bonds. The van der Waals surface area contributed by atoms with Crippen LogP contribution >= 0.6 is 23.2 Å². The molecule has 0 aliphatic heterocycles. The lowest BCUT2D eigenvalue weighted by Gasteiger charge is -2.58. The van der Waals surface area contributed by atoms with Crippen molar-refractivity contribution in [2.24, 2.45) is 5.92 Å². The number of ketones is 1. The Morgan fingerprint density at radius 2 is 2.06 bits per heavy atom. The van der Waals surface area contributed by atoms with Crippen molar-refractivity contribution in [1.82, 2.24) is 0 Å². The highest BCUT2D eigenvalue weighted by Gasteiger charge is 2.72. The molecule has 0 saturated heterocycles. The first-order valence-electron chi connectivity index (χ1n) is 5.51. The summed E-state index contributed by atoms with van der Waals surface area (Å²) < 4.78 is 4.72. The molecule has 0 radical (unpaired) electrons. The molecule has 2 unspecified atom stereocenters.